The molecule has 0 atom stereocenters. The predicted octanol–water partition coefficient (Wildman–Crippen LogP) is 4.49. The highest BCUT2D eigenvalue weighted by atomic mass is 19.4. The number of carbonyl (C=O) groups is 2. The molecular formula is C17H10F6O4. The maximum atomic E-state index is 14.0. The molecule has 27 heavy (non-hydrogen) atoms. The Balaban J connectivity index is 3.05. The molecule has 2 aromatic rings. The largest absolute Gasteiger partial charge is 0.478 e. The van der Waals surface area contributed by atoms with Crippen LogP contribution in [0.1, 0.15) is 31.8 Å². The lowest BCUT2D eigenvalue weighted by atomic mass is 9.71. The van der Waals surface area contributed by atoms with Crippen LogP contribution in [0.3, 0.4) is 0 Å². The molecule has 0 heterocycles. The van der Waals surface area contributed by atoms with E-state index in [0.29, 0.717) is 18.2 Å². The van der Waals surface area contributed by atoms with Gasteiger partial charge in [0, 0.05) is 0 Å². The molecule has 0 aliphatic rings. The van der Waals surface area contributed by atoms with E-state index in [1.807, 2.05) is 0 Å². The Morgan fingerprint density at radius 1 is 0.741 bits per heavy atom. The van der Waals surface area contributed by atoms with Crippen molar-refractivity contribution in [3.63, 3.8) is 0 Å². The summed E-state index contributed by atoms with van der Waals surface area (Å²) in [6.45, 7) is 0. The van der Waals surface area contributed by atoms with Gasteiger partial charge in [-0.3, -0.25) is 0 Å². The second kappa shape index (κ2) is 6.60. The van der Waals surface area contributed by atoms with Gasteiger partial charge in [0.15, 0.2) is 0 Å². The molecule has 0 aromatic heterocycles. The Bertz CT molecular complexity index is 871. The second-order valence-corrected chi connectivity index (χ2v) is 5.48. The SMILES string of the molecule is O=C(O)c1cccc(C(c2ccccc2C(=O)O)(C(F)(F)F)C(F)(F)F)c1. The van der Waals surface area contributed by atoms with Gasteiger partial charge in [0.05, 0.1) is 11.1 Å². The van der Waals surface area contributed by atoms with Gasteiger partial charge in [0.1, 0.15) is 0 Å². The minimum atomic E-state index is -6.02. The Kier molecular flexibility index (Phi) is 4.96. The van der Waals surface area contributed by atoms with Crippen molar-refractivity contribution in [2.75, 3.05) is 0 Å². The molecule has 0 amide bonds. The molecule has 10 heteroatoms. The van der Waals surface area contributed by atoms with Crippen LogP contribution in [0.15, 0.2) is 48.5 Å². The highest BCUT2D eigenvalue weighted by Gasteiger charge is 2.73. The molecule has 0 bridgehead atoms. The summed E-state index contributed by atoms with van der Waals surface area (Å²) >= 11 is 0. The van der Waals surface area contributed by atoms with Crippen LogP contribution < -0.4 is 0 Å². The van der Waals surface area contributed by atoms with Crippen molar-refractivity contribution in [3.05, 3.63) is 70.8 Å². The van der Waals surface area contributed by atoms with E-state index in [1.165, 1.54) is 0 Å². The molecule has 4 nitrogen and oxygen atoms in total. The molecule has 0 radical (unpaired) electrons. The van der Waals surface area contributed by atoms with E-state index in [-0.39, 0.29) is 6.07 Å². The van der Waals surface area contributed by atoms with E-state index >= 15 is 0 Å². The fraction of sp³-hybridized carbons (Fsp3) is 0.176. The van der Waals surface area contributed by atoms with Gasteiger partial charge in [-0.15, -0.1) is 0 Å². The highest BCUT2D eigenvalue weighted by molar-refractivity contribution is 5.91. The van der Waals surface area contributed by atoms with Gasteiger partial charge < -0.3 is 10.2 Å². The van der Waals surface area contributed by atoms with Crippen molar-refractivity contribution < 1.29 is 46.1 Å². The molecule has 0 fully saturated rings. The van der Waals surface area contributed by atoms with Crippen LogP contribution in [0.2, 0.25) is 0 Å². The average molecular weight is 392 g/mol. The zero-order valence-corrected chi connectivity index (χ0v) is 13.1. The van der Waals surface area contributed by atoms with Gasteiger partial charge in [0.25, 0.3) is 0 Å². The van der Waals surface area contributed by atoms with Crippen LogP contribution in [0, 0.1) is 0 Å². The molecule has 0 aliphatic heterocycles. The minimum absolute atomic E-state index is 0.238. The lowest BCUT2D eigenvalue weighted by Gasteiger charge is -2.39. The normalized spacial score (nSPS) is 12.7. The van der Waals surface area contributed by atoms with E-state index < -0.39 is 52.0 Å². The van der Waals surface area contributed by atoms with Gasteiger partial charge in [-0.1, -0.05) is 30.3 Å². The molecule has 2 N–H and O–H groups in total. The number of rotatable bonds is 4. The van der Waals surface area contributed by atoms with Gasteiger partial charge >= 0.3 is 24.3 Å². The number of hydrogen-bond acceptors (Lipinski definition) is 2. The molecular weight excluding hydrogens is 382 g/mol. The number of halogens is 6. The Morgan fingerprint density at radius 2 is 1.30 bits per heavy atom. The van der Waals surface area contributed by atoms with Gasteiger partial charge in [-0.25, -0.2) is 9.59 Å². The Morgan fingerprint density at radius 3 is 1.78 bits per heavy atom. The number of alkyl halides is 6. The van der Waals surface area contributed by atoms with E-state index in [1.54, 1.807) is 0 Å². The van der Waals surface area contributed by atoms with Crippen LogP contribution in [0.25, 0.3) is 0 Å². The monoisotopic (exact) mass is 392 g/mol. The number of aromatic carboxylic acids is 2. The molecule has 0 saturated heterocycles. The first-order valence-electron chi connectivity index (χ1n) is 7.14. The number of carboxylic acids is 2. The third kappa shape index (κ3) is 3.22. The molecule has 0 saturated carbocycles. The predicted molar refractivity (Wildman–Crippen MR) is 79.7 cm³/mol. The van der Waals surface area contributed by atoms with Gasteiger partial charge in [-0.2, -0.15) is 26.3 Å². The maximum Gasteiger partial charge on any atom is 0.411 e. The first-order chi connectivity index (χ1) is 12.3. The number of carboxylic acid groups (broad SMARTS) is 2. The van der Waals surface area contributed by atoms with E-state index in [0.717, 1.165) is 24.3 Å². The standard InChI is InChI=1S/C17H10F6O4/c18-16(19,20)15(17(21,22)23,10-5-3-4-9(8-10)13(24)25)12-7-2-1-6-11(12)14(26)27/h1-8H,(H,24,25)(H,26,27). The van der Waals surface area contributed by atoms with Crippen LogP contribution >= 0.6 is 0 Å². The molecule has 2 aromatic carbocycles. The molecule has 0 spiro atoms. The lowest BCUT2D eigenvalue weighted by Crippen LogP contribution is -2.55. The van der Waals surface area contributed by atoms with Crippen LogP contribution in [0.5, 0.6) is 0 Å². The smallest absolute Gasteiger partial charge is 0.411 e. The fourth-order valence-corrected chi connectivity index (χ4v) is 2.83. The third-order valence-electron chi connectivity index (χ3n) is 3.95. The summed E-state index contributed by atoms with van der Waals surface area (Å²) in [6, 6.07) is 5.12. The first-order valence-corrected chi connectivity index (χ1v) is 7.14. The molecule has 0 unspecified atom stereocenters. The zero-order valence-electron chi connectivity index (χ0n) is 13.1. The summed E-state index contributed by atoms with van der Waals surface area (Å²) in [6.07, 6.45) is -12.0. The summed E-state index contributed by atoms with van der Waals surface area (Å²) in [7, 11) is 0. The van der Waals surface area contributed by atoms with Gasteiger partial charge in [-0.05, 0) is 29.3 Å². The summed E-state index contributed by atoms with van der Waals surface area (Å²) in [4.78, 5) is 22.3. The molecule has 2 rings (SSSR count). The summed E-state index contributed by atoms with van der Waals surface area (Å²) in [5.41, 5.74) is -9.75. The van der Waals surface area contributed by atoms with Crippen molar-refractivity contribution in [2.45, 2.75) is 17.8 Å². The molecule has 0 aliphatic carbocycles. The number of hydrogen-bond donors (Lipinski definition) is 2. The molecule has 144 valence electrons. The fourth-order valence-electron chi connectivity index (χ4n) is 2.83. The van der Waals surface area contributed by atoms with Crippen molar-refractivity contribution >= 4 is 11.9 Å². The van der Waals surface area contributed by atoms with Crippen molar-refractivity contribution in [3.8, 4) is 0 Å². The number of benzene rings is 2. The second-order valence-electron chi connectivity index (χ2n) is 5.48. The minimum Gasteiger partial charge on any atom is -0.478 e. The van der Waals surface area contributed by atoms with Crippen molar-refractivity contribution in [1.29, 1.82) is 0 Å². The van der Waals surface area contributed by atoms with Crippen LogP contribution in [-0.2, 0) is 5.41 Å². The first kappa shape index (κ1) is 20.3. The summed E-state index contributed by atoms with van der Waals surface area (Å²) < 4.78 is 83.8. The van der Waals surface area contributed by atoms with Crippen LogP contribution in [0.4, 0.5) is 26.3 Å². The van der Waals surface area contributed by atoms with E-state index in [9.17, 15) is 35.9 Å². The zero-order chi connectivity index (χ0) is 20.6. The highest BCUT2D eigenvalue weighted by Crippen LogP contribution is 2.57. The van der Waals surface area contributed by atoms with E-state index in [2.05, 4.69) is 0 Å². The third-order valence-corrected chi connectivity index (χ3v) is 3.95. The maximum absolute atomic E-state index is 14.0. The van der Waals surface area contributed by atoms with Crippen molar-refractivity contribution in [1.82, 2.24) is 0 Å². The Labute approximate surface area is 147 Å². The quantitative estimate of drug-likeness (QED) is 0.752. The topological polar surface area (TPSA) is 74.6 Å². The average Bonchev–Trinajstić information content (AvgIpc) is 2.53. The summed E-state index contributed by atoms with van der Waals surface area (Å²) in [5, 5.41) is 18.1. The Hall–Kier alpha value is -3.04. The lowest BCUT2D eigenvalue weighted by molar-refractivity contribution is -0.288. The van der Waals surface area contributed by atoms with Crippen LogP contribution in [-0.4, -0.2) is 34.5 Å². The van der Waals surface area contributed by atoms with E-state index in [4.69, 9.17) is 10.2 Å². The van der Waals surface area contributed by atoms with Crippen molar-refractivity contribution in [2.24, 2.45) is 0 Å². The van der Waals surface area contributed by atoms with Gasteiger partial charge in [0.2, 0.25) is 5.41 Å². The summed E-state index contributed by atoms with van der Waals surface area (Å²) in [5.74, 6) is -3.72.